The summed E-state index contributed by atoms with van der Waals surface area (Å²) in [6, 6.07) is 13.2. The van der Waals surface area contributed by atoms with Crippen LogP contribution in [0, 0.1) is 0 Å². The number of hydrogen-bond donors (Lipinski definition) is 1. The molecule has 2 heterocycles. The lowest BCUT2D eigenvalue weighted by Gasteiger charge is -2.12. The van der Waals surface area contributed by atoms with Crippen LogP contribution in [-0.2, 0) is 6.54 Å². The topological polar surface area (TPSA) is 51.2 Å². The fourth-order valence-electron chi connectivity index (χ4n) is 2.45. The van der Waals surface area contributed by atoms with Crippen molar-refractivity contribution in [3.8, 4) is 17.0 Å². The first-order chi connectivity index (χ1) is 11.8. The quantitative estimate of drug-likeness (QED) is 0.735. The SMILES string of the molecule is CCOc1ccccc1C(=O)NCc1cccnc1-c1ccsc1. The van der Waals surface area contributed by atoms with Gasteiger partial charge in [-0.1, -0.05) is 18.2 Å². The summed E-state index contributed by atoms with van der Waals surface area (Å²) in [7, 11) is 0. The smallest absolute Gasteiger partial charge is 0.255 e. The standard InChI is InChI=1S/C19H18N2O2S/c1-2-23-17-8-4-3-7-16(17)19(22)21-12-14-6-5-10-20-18(14)15-9-11-24-13-15/h3-11,13H,2,12H2,1H3,(H,21,22). The molecular formula is C19H18N2O2S. The number of benzene rings is 1. The third kappa shape index (κ3) is 3.63. The second kappa shape index (κ2) is 7.75. The first-order valence-electron chi connectivity index (χ1n) is 7.76. The Morgan fingerprint density at radius 1 is 1.21 bits per heavy atom. The molecule has 2 aromatic heterocycles. The summed E-state index contributed by atoms with van der Waals surface area (Å²) in [5, 5.41) is 7.03. The van der Waals surface area contributed by atoms with Crippen LogP contribution < -0.4 is 10.1 Å². The van der Waals surface area contributed by atoms with Crippen LogP contribution in [0.5, 0.6) is 5.75 Å². The highest BCUT2D eigenvalue weighted by Crippen LogP contribution is 2.24. The molecule has 3 aromatic rings. The van der Waals surface area contributed by atoms with Crippen LogP contribution in [0.2, 0.25) is 0 Å². The van der Waals surface area contributed by atoms with Crippen LogP contribution in [0.4, 0.5) is 0 Å². The van der Waals surface area contributed by atoms with E-state index in [9.17, 15) is 4.79 Å². The summed E-state index contributed by atoms with van der Waals surface area (Å²) in [5.74, 6) is 0.445. The Balaban J connectivity index is 1.76. The van der Waals surface area contributed by atoms with Gasteiger partial charge in [0.1, 0.15) is 5.75 Å². The average molecular weight is 338 g/mol. The highest BCUT2D eigenvalue weighted by Gasteiger charge is 2.13. The first-order valence-corrected chi connectivity index (χ1v) is 8.70. The minimum Gasteiger partial charge on any atom is -0.493 e. The third-order valence-electron chi connectivity index (χ3n) is 3.56. The Hall–Kier alpha value is -2.66. The molecule has 0 bridgehead atoms. The molecule has 0 atom stereocenters. The Morgan fingerprint density at radius 3 is 2.88 bits per heavy atom. The van der Waals surface area contributed by atoms with Gasteiger partial charge in [-0.3, -0.25) is 9.78 Å². The van der Waals surface area contributed by atoms with Crippen molar-refractivity contribution in [2.24, 2.45) is 0 Å². The highest BCUT2D eigenvalue weighted by atomic mass is 32.1. The largest absolute Gasteiger partial charge is 0.493 e. The van der Waals surface area contributed by atoms with Crippen LogP contribution in [0.1, 0.15) is 22.8 Å². The molecule has 0 radical (unpaired) electrons. The van der Waals surface area contributed by atoms with Gasteiger partial charge in [-0.15, -0.1) is 0 Å². The molecule has 1 amide bonds. The van der Waals surface area contributed by atoms with E-state index >= 15 is 0 Å². The maximum Gasteiger partial charge on any atom is 0.255 e. The van der Waals surface area contributed by atoms with E-state index < -0.39 is 0 Å². The van der Waals surface area contributed by atoms with E-state index in [4.69, 9.17) is 4.74 Å². The van der Waals surface area contributed by atoms with Gasteiger partial charge in [0.15, 0.2) is 0 Å². The Kier molecular flexibility index (Phi) is 5.23. The van der Waals surface area contributed by atoms with E-state index in [0.29, 0.717) is 24.5 Å². The van der Waals surface area contributed by atoms with Crippen LogP contribution in [0.3, 0.4) is 0 Å². The molecule has 122 valence electrons. The molecule has 0 fully saturated rings. The van der Waals surface area contributed by atoms with Crippen molar-refractivity contribution < 1.29 is 9.53 Å². The molecule has 1 aromatic carbocycles. The van der Waals surface area contributed by atoms with E-state index in [1.54, 1.807) is 29.7 Å². The molecule has 0 spiro atoms. The first kappa shape index (κ1) is 16.2. The number of carbonyl (C=O) groups excluding carboxylic acids is 1. The van der Waals surface area contributed by atoms with Crippen molar-refractivity contribution in [1.29, 1.82) is 0 Å². The number of ether oxygens (including phenoxy) is 1. The van der Waals surface area contributed by atoms with Gasteiger partial charge in [-0.05, 0) is 42.1 Å². The number of nitrogens with one attached hydrogen (secondary N) is 1. The summed E-state index contributed by atoms with van der Waals surface area (Å²) in [5.41, 5.74) is 3.50. The number of para-hydroxylation sites is 1. The summed E-state index contributed by atoms with van der Waals surface area (Å²) < 4.78 is 5.52. The predicted molar refractivity (Wildman–Crippen MR) is 96.3 cm³/mol. The zero-order valence-electron chi connectivity index (χ0n) is 13.4. The predicted octanol–water partition coefficient (Wildman–Crippen LogP) is 4.14. The molecule has 1 N–H and O–H groups in total. The lowest BCUT2D eigenvalue weighted by molar-refractivity contribution is 0.0947. The lowest BCUT2D eigenvalue weighted by atomic mass is 10.1. The lowest BCUT2D eigenvalue weighted by Crippen LogP contribution is -2.24. The average Bonchev–Trinajstić information content (AvgIpc) is 3.15. The van der Waals surface area contributed by atoms with E-state index in [2.05, 4.69) is 15.7 Å². The Labute approximate surface area is 145 Å². The van der Waals surface area contributed by atoms with Crippen molar-refractivity contribution in [3.05, 3.63) is 70.5 Å². The van der Waals surface area contributed by atoms with Crippen molar-refractivity contribution in [1.82, 2.24) is 10.3 Å². The van der Waals surface area contributed by atoms with Gasteiger partial charge < -0.3 is 10.1 Å². The molecule has 0 aliphatic carbocycles. The number of pyridine rings is 1. The maximum atomic E-state index is 12.5. The van der Waals surface area contributed by atoms with Crippen molar-refractivity contribution in [3.63, 3.8) is 0 Å². The monoisotopic (exact) mass is 338 g/mol. The van der Waals surface area contributed by atoms with Gasteiger partial charge in [0.2, 0.25) is 0 Å². The Morgan fingerprint density at radius 2 is 2.08 bits per heavy atom. The second-order valence-corrected chi connectivity index (χ2v) is 5.92. The molecule has 0 unspecified atom stereocenters. The molecule has 0 aliphatic rings. The van der Waals surface area contributed by atoms with Crippen molar-refractivity contribution in [2.45, 2.75) is 13.5 Å². The third-order valence-corrected chi connectivity index (χ3v) is 4.24. The van der Waals surface area contributed by atoms with Gasteiger partial charge in [0.05, 0.1) is 17.9 Å². The number of hydrogen-bond acceptors (Lipinski definition) is 4. The normalized spacial score (nSPS) is 10.4. The molecule has 5 heteroatoms. The number of nitrogens with zero attached hydrogens (tertiary/aromatic N) is 1. The summed E-state index contributed by atoms with van der Waals surface area (Å²) in [6.07, 6.45) is 1.77. The number of carbonyl (C=O) groups is 1. The van der Waals surface area contributed by atoms with Crippen LogP contribution in [0.25, 0.3) is 11.3 Å². The van der Waals surface area contributed by atoms with E-state index in [0.717, 1.165) is 16.8 Å². The molecule has 0 saturated heterocycles. The van der Waals surface area contributed by atoms with Crippen LogP contribution in [0.15, 0.2) is 59.4 Å². The van der Waals surface area contributed by atoms with E-state index in [1.165, 1.54) is 0 Å². The highest BCUT2D eigenvalue weighted by molar-refractivity contribution is 7.08. The van der Waals surface area contributed by atoms with Gasteiger partial charge in [0.25, 0.3) is 5.91 Å². The molecule has 0 saturated carbocycles. The fraction of sp³-hybridized carbons (Fsp3) is 0.158. The van der Waals surface area contributed by atoms with E-state index in [-0.39, 0.29) is 5.91 Å². The summed E-state index contributed by atoms with van der Waals surface area (Å²) >= 11 is 1.63. The number of rotatable bonds is 6. The van der Waals surface area contributed by atoms with Crippen molar-refractivity contribution >= 4 is 17.2 Å². The minimum absolute atomic E-state index is 0.154. The van der Waals surface area contributed by atoms with Crippen molar-refractivity contribution in [2.75, 3.05) is 6.61 Å². The minimum atomic E-state index is -0.154. The summed E-state index contributed by atoms with van der Waals surface area (Å²) in [4.78, 5) is 17.0. The zero-order chi connectivity index (χ0) is 16.8. The summed E-state index contributed by atoms with van der Waals surface area (Å²) in [6.45, 7) is 2.84. The van der Waals surface area contributed by atoms with Gasteiger partial charge in [-0.25, -0.2) is 0 Å². The van der Waals surface area contributed by atoms with Gasteiger partial charge >= 0.3 is 0 Å². The number of thiophene rings is 1. The maximum absolute atomic E-state index is 12.5. The van der Waals surface area contributed by atoms with Crippen LogP contribution in [-0.4, -0.2) is 17.5 Å². The molecule has 3 rings (SSSR count). The molecular weight excluding hydrogens is 320 g/mol. The zero-order valence-corrected chi connectivity index (χ0v) is 14.2. The molecule has 24 heavy (non-hydrogen) atoms. The van der Waals surface area contributed by atoms with Gasteiger partial charge in [-0.2, -0.15) is 11.3 Å². The van der Waals surface area contributed by atoms with Gasteiger partial charge in [0, 0.05) is 23.7 Å². The molecule has 4 nitrogen and oxygen atoms in total. The number of aromatic nitrogens is 1. The van der Waals surface area contributed by atoms with E-state index in [1.807, 2.05) is 42.6 Å². The number of amides is 1. The Bertz CT molecular complexity index is 816. The fourth-order valence-corrected chi connectivity index (χ4v) is 3.09. The second-order valence-electron chi connectivity index (χ2n) is 5.14. The van der Waals surface area contributed by atoms with Crippen LogP contribution >= 0.6 is 11.3 Å². The molecule has 0 aliphatic heterocycles.